The van der Waals surface area contributed by atoms with Crippen LogP contribution < -0.4 is 10.1 Å². The van der Waals surface area contributed by atoms with E-state index in [1.807, 2.05) is 6.07 Å². The maximum atomic E-state index is 15.0. The third kappa shape index (κ3) is 4.43. The molecule has 2 saturated heterocycles. The standard InChI is InChI=1S/C26H27F3N4O3/c27-18-9-15(10-19(28)24(18)36-16-1-2-16)26(34)33-6-3-14(4-7-33)23-17-11-21(22-13-30-5-8-35-22)32-25(17)31-12-20(23)29/h9-12,14,16,22,30H,1-8,13H2,(H,31,32). The number of hydrogen-bond donors (Lipinski definition) is 2. The molecular weight excluding hydrogens is 473 g/mol. The number of aromatic amines is 1. The number of morpholine rings is 1. The quantitative estimate of drug-likeness (QED) is 0.549. The van der Waals surface area contributed by atoms with Crippen LogP contribution in [0, 0.1) is 17.5 Å². The summed E-state index contributed by atoms with van der Waals surface area (Å²) < 4.78 is 55.0. The predicted octanol–water partition coefficient (Wildman–Crippen LogP) is 4.20. The number of ether oxygens (including phenoxy) is 2. The fourth-order valence-corrected chi connectivity index (χ4v) is 5.15. The van der Waals surface area contributed by atoms with E-state index in [1.165, 1.54) is 6.20 Å². The summed E-state index contributed by atoms with van der Waals surface area (Å²) in [4.78, 5) is 22.0. The van der Waals surface area contributed by atoms with Crippen molar-refractivity contribution >= 4 is 16.9 Å². The molecule has 0 spiro atoms. The van der Waals surface area contributed by atoms with Crippen LogP contribution in [0.4, 0.5) is 13.2 Å². The molecule has 1 aromatic carbocycles. The number of amides is 1. The van der Waals surface area contributed by atoms with Crippen LogP contribution >= 0.6 is 0 Å². The van der Waals surface area contributed by atoms with Gasteiger partial charge in [0.2, 0.25) is 0 Å². The van der Waals surface area contributed by atoms with Crippen LogP contribution in [-0.2, 0) is 4.74 Å². The molecule has 3 aliphatic rings. The molecule has 2 aliphatic heterocycles. The lowest BCUT2D eigenvalue weighted by molar-refractivity contribution is 0.0254. The lowest BCUT2D eigenvalue weighted by Gasteiger charge is -2.32. The molecule has 3 aromatic rings. The molecule has 1 atom stereocenters. The van der Waals surface area contributed by atoms with Crippen LogP contribution in [-0.4, -0.2) is 59.7 Å². The Kier molecular flexibility index (Phi) is 6.08. The highest BCUT2D eigenvalue weighted by atomic mass is 19.1. The van der Waals surface area contributed by atoms with E-state index < -0.39 is 23.3 Å². The zero-order valence-electron chi connectivity index (χ0n) is 19.7. The topological polar surface area (TPSA) is 79.5 Å². The van der Waals surface area contributed by atoms with Gasteiger partial charge < -0.3 is 24.7 Å². The first-order valence-electron chi connectivity index (χ1n) is 12.4. The molecule has 0 radical (unpaired) electrons. The average molecular weight is 501 g/mol. The van der Waals surface area contributed by atoms with E-state index in [2.05, 4.69) is 15.3 Å². The normalized spacial score (nSPS) is 21.2. The van der Waals surface area contributed by atoms with Gasteiger partial charge in [-0.2, -0.15) is 0 Å². The van der Waals surface area contributed by atoms with Gasteiger partial charge >= 0.3 is 0 Å². The smallest absolute Gasteiger partial charge is 0.254 e. The number of aromatic nitrogens is 2. The largest absolute Gasteiger partial charge is 0.484 e. The zero-order chi connectivity index (χ0) is 24.8. The first-order valence-corrected chi connectivity index (χ1v) is 12.4. The minimum Gasteiger partial charge on any atom is -0.484 e. The number of pyridine rings is 1. The Morgan fingerprint density at radius 2 is 1.81 bits per heavy atom. The van der Waals surface area contributed by atoms with Crippen LogP contribution in [0.25, 0.3) is 11.0 Å². The number of likely N-dealkylation sites (tertiary alicyclic amines) is 1. The Hall–Kier alpha value is -3.11. The van der Waals surface area contributed by atoms with Gasteiger partial charge in [-0.1, -0.05) is 0 Å². The van der Waals surface area contributed by atoms with Crippen LogP contribution in [0.2, 0.25) is 0 Å². The highest BCUT2D eigenvalue weighted by Gasteiger charge is 2.31. The lowest BCUT2D eigenvalue weighted by Crippen LogP contribution is -2.38. The van der Waals surface area contributed by atoms with Crippen molar-refractivity contribution in [2.24, 2.45) is 0 Å². The predicted molar refractivity (Wildman–Crippen MR) is 126 cm³/mol. The third-order valence-electron chi connectivity index (χ3n) is 7.19. The van der Waals surface area contributed by atoms with E-state index in [0.717, 1.165) is 42.6 Å². The number of nitrogens with one attached hydrogen (secondary N) is 2. The molecule has 2 aromatic heterocycles. The first kappa shape index (κ1) is 23.3. The molecule has 7 nitrogen and oxygen atoms in total. The number of hydrogen-bond acceptors (Lipinski definition) is 5. The molecule has 1 aliphatic carbocycles. The van der Waals surface area contributed by atoms with Crippen molar-refractivity contribution in [1.29, 1.82) is 0 Å². The van der Waals surface area contributed by atoms with E-state index in [9.17, 15) is 13.6 Å². The van der Waals surface area contributed by atoms with Crippen molar-refractivity contribution in [3.05, 3.63) is 58.7 Å². The maximum Gasteiger partial charge on any atom is 0.254 e. The SMILES string of the molecule is O=C(c1cc(F)c(OC2CC2)c(F)c1)N1CCC(c2c(F)cnc3[nH]c(C4CNCCO4)cc23)CC1. The number of benzene rings is 1. The van der Waals surface area contributed by atoms with Crippen molar-refractivity contribution in [3.63, 3.8) is 0 Å². The summed E-state index contributed by atoms with van der Waals surface area (Å²) in [5.74, 6) is -3.11. The number of H-pyrrole nitrogens is 1. The fraction of sp³-hybridized carbons (Fsp3) is 0.462. The number of fused-ring (bicyclic) bond motifs is 1. The number of nitrogens with zero attached hydrogens (tertiary/aromatic N) is 2. The number of rotatable bonds is 5. The fourth-order valence-electron chi connectivity index (χ4n) is 5.15. The van der Waals surface area contributed by atoms with Gasteiger partial charge in [-0.05, 0) is 49.8 Å². The molecule has 4 heterocycles. The van der Waals surface area contributed by atoms with Crippen molar-refractivity contribution in [2.45, 2.75) is 43.8 Å². The molecular formula is C26H27F3N4O3. The number of carbonyl (C=O) groups excluding carboxylic acids is 1. The van der Waals surface area contributed by atoms with Crippen LogP contribution in [0.3, 0.4) is 0 Å². The van der Waals surface area contributed by atoms with E-state index in [-0.39, 0.29) is 29.5 Å². The summed E-state index contributed by atoms with van der Waals surface area (Å²) in [6.07, 6.45) is 3.52. The van der Waals surface area contributed by atoms with Gasteiger partial charge in [0.05, 0.1) is 18.9 Å². The van der Waals surface area contributed by atoms with Gasteiger partial charge in [0.15, 0.2) is 17.4 Å². The second kappa shape index (κ2) is 9.40. The van der Waals surface area contributed by atoms with Gasteiger partial charge in [-0.25, -0.2) is 18.2 Å². The molecule has 1 saturated carbocycles. The highest BCUT2D eigenvalue weighted by molar-refractivity contribution is 5.94. The monoisotopic (exact) mass is 500 g/mol. The van der Waals surface area contributed by atoms with Crippen molar-refractivity contribution in [1.82, 2.24) is 20.2 Å². The Morgan fingerprint density at radius 1 is 1.06 bits per heavy atom. The summed E-state index contributed by atoms with van der Waals surface area (Å²) in [6, 6.07) is 3.97. The summed E-state index contributed by atoms with van der Waals surface area (Å²) in [6.45, 7) is 2.77. The summed E-state index contributed by atoms with van der Waals surface area (Å²) in [5.41, 5.74) is 1.98. The maximum absolute atomic E-state index is 15.0. The summed E-state index contributed by atoms with van der Waals surface area (Å²) >= 11 is 0. The van der Waals surface area contributed by atoms with Gasteiger partial charge in [0.25, 0.3) is 5.91 Å². The number of halogens is 3. The molecule has 6 rings (SSSR count). The molecule has 3 fully saturated rings. The van der Waals surface area contributed by atoms with Crippen LogP contribution in [0.1, 0.15) is 59.3 Å². The molecule has 1 amide bonds. The lowest BCUT2D eigenvalue weighted by atomic mass is 9.87. The third-order valence-corrected chi connectivity index (χ3v) is 7.19. The molecule has 36 heavy (non-hydrogen) atoms. The molecule has 0 bridgehead atoms. The minimum atomic E-state index is -0.873. The van der Waals surface area contributed by atoms with E-state index in [0.29, 0.717) is 50.3 Å². The zero-order valence-corrected chi connectivity index (χ0v) is 19.7. The summed E-state index contributed by atoms with van der Waals surface area (Å²) in [5, 5.41) is 4.01. The van der Waals surface area contributed by atoms with E-state index in [4.69, 9.17) is 9.47 Å². The Morgan fingerprint density at radius 3 is 2.47 bits per heavy atom. The molecule has 1 unspecified atom stereocenters. The Labute approximate surface area is 206 Å². The number of carbonyl (C=O) groups is 1. The van der Waals surface area contributed by atoms with Crippen LogP contribution in [0.15, 0.2) is 24.4 Å². The van der Waals surface area contributed by atoms with Crippen molar-refractivity contribution in [3.8, 4) is 5.75 Å². The molecule has 2 N–H and O–H groups in total. The van der Waals surface area contributed by atoms with E-state index >= 15 is 4.39 Å². The van der Waals surface area contributed by atoms with Gasteiger partial charge in [-0.15, -0.1) is 0 Å². The molecule has 190 valence electrons. The van der Waals surface area contributed by atoms with E-state index in [1.54, 1.807) is 4.90 Å². The van der Waals surface area contributed by atoms with Crippen LogP contribution in [0.5, 0.6) is 5.75 Å². The molecule has 10 heteroatoms. The highest BCUT2D eigenvalue weighted by Crippen LogP contribution is 2.37. The minimum absolute atomic E-state index is 0.0551. The summed E-state index contributed by atoms with van der Waals surface area (Å²) in [7, 11) is 0. The first-order chi connectivity index (χ1) is 17.5. The second-order valence-corrected chi connectivity index (χ2v) is 9.72. The second-order valence-electron chi connectivity index (χ2n) is 9.72. The number of piperidine rings is 1. The average Bonchev–Trinajstić information content (AvgIpc) is 3.62. The Bertz CT molecular complexity index is 1270. The van der Waals surface area contributed by atoms with Crippen molar-refractivity contribution < 1.29 is 27.4 Å². The van der Waals surface area contributed by atoms with Crippen molar-refractivity contribution in [2.75, 3.05) is 32.8 Å². The van der Waals surface area contributed by atoms with Gasteiger partial charge in [0.1, 0.15) is 17.6 Å². The van der Waals surface area contributed by atoms with Gasteiger partial charge in [0, 0.05) is 48.4 Å². The Balaban J connectivity index is 1.18. The van der Waals surface area contributed by atoms with Gasteiger partial charge in [-0.3, -0.25) is 4.79 Å².